The molecule has 1 aromatic carbocycles. The van der Waals surface area contributed by atoms with Crippen LogP contribution in [0.1, 0.15) is 66.9 Å². The van der Waals surface area contributed by atoms with Gasteiger partial charge in [-0.3, -0.25) is 15.0 Å². The molecule has 2 bridgehead atoms. The first-order valence-corrected chi connectivity index (χ1v) is 19.2. The summed E-state index contributed by atoms with van der Waals surface area (Å²) in [5, 5.41) is 2.09. The number of hydrogen-bond acceptors (Lipinski definition) is 11. The number of aromatic amines is 1. The molecule has 0 spiro atoms. The number of nitrogens with one attached hydrogen (secondary N) is 2. The third-order valence-corrected chi connectivity index (χ3v) is 10.5. The number of ether oxygens (including phenoxy) is 5. The Morgan fingerprint density at radius 2 is 1.72 bits per heavy atom. The Morgan fingerprint density at radius 3 is 2.35 bits per heavy atom. The van der Waals surface area contributed by atoms with Crippen molar-refractivity contribution in [2.45, 2.75) is 110 Å². The molecule has 2 fully saturated rings. The summed E-state index contributed by atoms with van der Waals surface area (Å²) < 4.78 is 103. The smallest absolute Gasteiger partial charge is 0.472 e. The molecule has 60 heavy (non-hydrogen) atoms. The van der Waals surface area contributed by atoms with Crippen molar-refractivity contribution in [3.63, 3.8) is 0 Å². The lowest BCUT2D eigenvalue weighted by molar-refractivity contribution is -0.275. The molecule has 3 aromatic heterocycles. The maximum absolute atomic E-state index is 17.7. The van der Waals surface area contributed by atoms with Gasteiger partial charge in [-0.15, -0.1) is 13.2 Å². The van der Waals surface area contributed by atoms with Gasteiger partial charge >= 0.3 is 18.5 Å². The fourth-order valence-electron chi connectivity index (χ4n) is 8.52. The highest BCUT2D eigenvalue weighted by Gasteiger charge is 2.61. The van der Waals surface area contributed by atoms with Crippen molar-refractivity contribution in [1.82, 2.24) is 19.9 Å². The number of halogens is 5. The number of anilines is 2. The van der Waals surface area contributed by atoms with Crippen molar-refractivity contribution in [1.29, 1.82) is 0 Å². The summed E-state index contributed by atoms with van der Waals surface area (Å²) in [6, 6.07) is 4.49. The van der Waals surface area contributed by atoms with E-state index in [1.165, 1.54) is 26.2 Å². The molecule has 0 saturated carbocycles. The van der Waals surface area contributed by atoms with E-state index in [-0.39, 0.29) is 52.6 Å². The standard InChI is InChI=1S/C41H45F5N6O8/c1-19-27-28-34(49-30(19)24-11-10-12-26(53)48-24)51-17-40(18-56-9)14-13-25(52(40)37(55)60-39(6,7)8)32(51)20(2)57-35(28)50-31(29(27)43)22-15-21(47-36(54)59-38(3,4)5)16-23(42)33(22)58-41(44,45)46/h10-12,15-16,20,25,32H,13-14,17-18H2,1-9H3,(H,47,54)(H,48,53)/t20-,25-,32+,40+/m0/s1. The van der Waals surface area contributed by atoms with Gasteiger partial charge in [-0.2, -0.15) is 0 Å². The van der Waals surface area contributed by atoms with Crippen LogP contribution in [-0.4, -0.2) is 93.6 Å². The van der Waals surface area contributed by atoms with Crippen molar-refractivity contribution in [2.24, 2.45) is 0 Å². The molecule has 322 valence electrons. The van der Waals surface area contributed by atoms with E-state index < -0.39 is 93.4 Å². The van der Waals surface area contributed by atoms with Crippen LogP contribution in [0.2, 0.25) is 0 Å². The summed E-state index contributed by atoms with van der Waals surface area (Å²) in [7, 11) is 1.51. The van der Waals surface area contributed by atoms with Gasteiger partial charge in [0, 0.05) is 36.9 Å². The molecule has 14 nitrogen and oxygen atoms in total. The lowest BCUT2D eigenvalue weighted by Crippen LogP contribution is -2.71. The van der Waals surface area contributed by atoms with Crippen molar-refractivity contribution in [3.05, 3.63) is 57.9 Å². The maximum atomic E-state index is 17.7. The van der Waals surface area contributed by atoms with Crippen molar-refractivity contribution in [2.75, 3.05) is 30.5 Å². The van der Waals surface area contributed by atoms with E-state index >= 15 is 8.78 Å². The summed E-state index contributed by atoms with van der Waals surface area (Å²) in [5.74, 6) is -4.38. The topological polar surface area (TPSA) is 157 Å². The molecule has 3 aliphatic rings. The first kappa shape index (κ1) is 42.4. The highest BCUT2D eigenvalue weighted by Crippen LogP contribution is 2.52. The van der Waals surface area contributed by atoms with E-state index in [1.54, 1.807) is 59.4 Å². The van der Waals surface area contributed by atoms with Gasteiger partial charge in [0.1, 0.15) is 28.8 Å². The Labute approximate surface area is 341 Å². The first-order valence-electron chi connectivity index (χ1n) is 19.2. The number of pyridine rings is 3. The predicted molar refractivity (Wildman–Crippen MR) is 209 cm³/mol. The van der Waals surface area contributed by atoms with E-state index in [0.717, 1.165) is 6.07 Å². The predicted octanol–water partition coefficient (Wildman–Crippen LogP) is 8.24. The highest BCUT2D eigenvalue weighted by atomic mass is 19.4. The van der Waals surface area contributed by atoms with Crippen LogP contribution in [0.15, 0.2) is 35.1 Å². The first-order chi connectivity index (χ1) is 27.9. The minimum Gasteiger partial charge on any atom is -0.472 e. The summed E-state index contributed by atoms with van der Waals surface area (Å²) in [4.78, 5) is 55.2. The van der Waals surface area contributed by atoms with Crippen LogP contribution >= 0.6 is 0 Å². The number of alkyl halides is 3. The van der Waals surface area contributed by atoms with E-state index in [9.17, 15) is 27.6 Å². The van der Waals surface area contributed by atoms with Crippen molar-refractivity contribution >= 4 is 34.5 Å². The summed E-state index contributed by atoms with van der Waals surface area (Å²) in [6.07, 6.45) is -6.98. The lowest BCUT2D eigenvalue weighted by Gasteiger charge is -2.53. The number of rotatable bonds is 6. The van der Waals surface area contributed by atoms with Gasteiger partial charge in [-0.1, -0.05) is 6.07 Å². The molecule has 19 heteroatoms. The number of aromatic nitrogens is 3. The van der Waals surface area contributed by atoms with Crippen LogP contribution in [0, 0.1) is 18.6 Å². The van der Waals surface area contributed by atoms with Gasteiger partial charge in [-0.05, 0) is 85.9 Å². The van der Waals surface area contributed by atoms with Gasteiger partial charge in [0.15, 0.2) is 17.4 Å². The van der Waals surface area contributed by atoms with Gasteiger partial charge in [0.05, 0.1) is 46.6 Å². The second kappa shape index (κ2) is 14.8. The number of benzene rings is 1. The van der Waals surface area contributed by atoms with Crippen LogP contribution < -0.4 is 25.2 Å². The molecule has 0 aliphatic carbocycles. The number of aryl methyl sites for hydroxylation is 1. The monoisotopic (exact) mass is 844 g/mol. The minimum atomic E-state index is -5.44. The van der Waals surface area contributed by atoms with Crippen molar-refractivity contribution < 1.29 is 55.2 Å². The van der Waals surface area contributed by atoms with E-state index in [4.69, 9.17) is 23.9 Å². The fourth-order valence-corrected chi connectivity index (χ4v) is 8.52. The number of carbonyl (C=O) groups is 2. The number of piperazine rings is 1. The number of nitrogens with zero attached hydrogens (tertiary/aromatic N) is 4. The van der Waals surface area contributed by atoms with E-state index in [2.05, 4.69) is 20.0 Å². The molecule has 0 unspecified atom stereocenters. The Morgan fingerprint density at radius 1 is 1.02 bits per heavy atom. The molecule has 7 rings (SSSR count). The summed E-state index contributed by atoms with van der Waals surface area (Å²) in [6.45, 7) is 13.4. The number of hydrogen-bond donors (Lipinski definition) is 2. The zero-order valence-corrected chi connectivity index (χ0v) is 34.4. The Hall–Kier alpha value is -5.72. The number of amides is 2. The molecule has 2 saturated heterocycles. The summed E-state index contributed by atoms with van der Waals surface area (Å²) >= 11 is 0. The zero-order chi connectivity index (χ0) is 43.9. The molecule has 3 aliphatic heterocycles. The molecule has 2 amide bonds. The van der Waals surface area contributed by atoms with Crippen LogP contribution in [-0.2, 0) is 14.2 Å². The highest BCUT2D eigenvalue weighted by molar-refractivity contribution is 6.04. The number of fused-ring (bicyclic) bond motifs is 5. The maximum Gasteiger partial charge on any atom is 0.573 e. The average Bonchev–Trinajstić information content (AvgIpc) is 3.31. The Balaban J connectivity index is 1.51. The second-order valence-corrected chi connectivity index (χ2v) is 17.2. The van der Waals surface area contributed by atoms with Gasteiger partial charge in [0.2, 0.25) is 11.4 Å². The quantitative estimate of drug-likeness (QED) is 0.180. The average molecular weight is 845 g/mol. The Bertz CT molecular complexity index is 2450. The molecular formula is C41H45F5N6O8. The van der Waals surface area contributed by atoms with Gasteiger partial charge in [-0.25, -0.2) is 28.3 Å². The van der Waals surface area contributed by atoms with Crippen LogP contribution in [0.4, 0.5) is 43.0 Å². The number of H-pyrrole nitrogens is 1. The molecule has 2 N–H and O–H groups in total. The lowest BCUT2D eigenvalue weighted by atomic mass is 9.92. The minimum absolute atomic E-state index is 0.0320. The van der Waals surface area contributed by atoms with Gasteiger partial charge < -0.3 is 33.6 Å². The number of carbonyl (C=O) groups excluding carboxylic acids is 2. The fraction of sp³-hybridized carbons (Fsp3) is 0.488. The third-order valence-electron chi connectivity index (χ3n) is 10.5. The number of methoxy groups -OCH3 is 1. The normalized spacial score (nSPS) is 21.3. The SMILES string of the molecule is COC[C@@]12CC[C@@H]([C@H]3[C@H](C)Oc4nc(-c5cc(NC(=O)OC(C)(C)C)cc(F)c5OC(F)(F)F)c(F)c5c(C)c(-c6cccc(=O)[nH]6)nc(c45)N3C1)N2C(=O)OC(C)(C)C. The third kappa shape index (κ3) is 7.86. The van der Waals surface area contributed by atoms with Crippen LogP contribution in [0.3, 0.4) is 0 Å². The van der Waals surface area contributed by atoms with Crippen LogP contribution in [0.5, 0.6) is 11.6 Å². The second-order valence-electron chi connectivity index (χ2n) is 17.2. The largest absolute Gasteiger partial charge is 0.573 e. The van der Waals surface area contributed by atoms with Gasteiger partial charge in [0.25, 0.3) is 0 Å². The molecule has 6 heterocycles. The van der Waals surface area contributed by atoms with E-state index in [0.29, 0.717) is 18.9 Å². The van der Waals surface area contributed by atoms with Crippen LogP contribution in [0.25, 0.3) is 33.4 Å². The Kier molecular flexibility index (Phi) is 10.4. The molecule has 4 aromatic rings. The zero-order valence-electron chi connectivity index (χ0n) is 34.4. The summed E-state index contributed by atoms with van der Waals surface area (Å²) in [5.41, 5.74) is -4.94. The molecule has 0 radical (unpaired) electrons. The molecule has 4 atom stereocenters. The van der Waals surface area contributed by atoms with Crippen molar-refractivity contribution in [3.8, 4) is 34.3 Å². The molecular weight excluding hydrogens is 799 g/mol. The van der Waals surface area contributed by atoms with E-state index in [1.807, 2.05) is 4.90 Å².